The highest BCUT2D eigenvalue weighted by atomic mass is 19.1. The molecule has 1 atom stereocenters. The van der Waals surface area contributed by atoms with Crippen LogP contribution < -0.4 is 5.32 Å². The lowest BCUT2D eigenvalue weighted by molar-refractivity contribution is -0.136. The number of carbonyl (C=O) groups is 3. The van der Waals surface area contributed by atoms with E-state index in [9.17, 15) is 14.4 Å². The molecule has 2 saturated heterocycles. The maximum atomic E-state index is 15.2. The molecule has 0 aliphatic carbocycles. The van der Waals surface area contributed by atoms with Crippen molar-refractivity contribution in [3.63, 3.8) is 0 Å². The fourth-order valence-corrected chi connectivity index (χ4v) is 5.92. The van der Waals surface area contributed by atoms with Gasteiger partial charge in [-0.2, -0.15) is 5.10 Å². The second-order valence-corrected chi connectivity index (χ2v) is 10.1. The predicted molar refractivity (Wildman–Crippen MR) is 130 cm³/mol. The van der Waals surface area contributed by atoms with Crippen LogP contribution in [-0.4, -0.2) is 56.4 Å². The molecule has 1 N–H and O–H groups in total. The van der Waals surface area contributed by atoms with E-state index in [4.69, 9.17) is 0 Å². The first-order chi connectivity index (χ1) is 17.4. The van der Waals surface area contributed by atoms with Crippen LogP contribution >= 0.6 is 0 Å². The molecule has 3 amide bonds. The first-order valence-electron chi connectivity index (χ1n) is 12.5. The molecule has 2 aromatic carbocycles. The average Bonchev–Trinajstić information content (AvgIpc) is 3.35. The van der Waals surface area contributed by atoms with Gasteiger partial charge in [0.25, 0.3) is 5.91 Å². The van der Waals surface area contributed by atoms with E-state index in [1.807, 2.05) is 36.0 Å². The number of benzene rings is 2. The predicted octanol–water partition coefficient (Wildman–Crippen LogP) is 2.85. The summed E-state index contributed by atoms with van der Waals surface area (Å²) in [6.07, 6.45) is 2.15. The number of aromatic nitrogens is 2. The largest absolute Gasteiger partial charge is 0.322 e. The number of fused-ring (bicyclic) bond motifs is 2. The Balaban J connectivity index is 1.15. The number of nitrogens with zero attached hydrogens (tertiary/aromatic N) is 4. The Labute approximate surface area is 208 Å². The van der Waals surface area contributed by atoms with Crippen LogP contribution in [0.25, 0.3) is 10.9 Å². The number of nitrogens with one attached hydrogen (secondary N) is 1. The van der Waals surface area contributed by atoms with Gasteiger partial charge in [-0.1, -0.05) is 24.3 Å². The molecule has 6 rings (SSSR count). The van der Waals surface area contributed by atoms with E-state index >= 15 is 4.39 Å². The van der Waals surface area contributed by atoms with E-state index in [1.54, 1.807) is 0 Å². The van der Waals surface area contributed by atoms with Crippen molar-refractivity contribution < 1.29 is 18.8 Å². The Morgan fingerprint density at radius 1 is 1.08 bits per heavy atom. The molecule has 36 heavy (non-hydrogen) atoms. The summed E-state index contributed by atoms with van der Waals surface area (Å²) < 4.78 is 17.2. The van der Waals surface area contributed by atoms with Gasteiger partial charge in [0.15, 0.2) is 0 Å². The molecule has 3 aromatic rings. The van der Waals surface area contributed by atoms with Crippen LogP contribution in [0.4, 0.5) is 4.39 Å². The molecule has 4 heterocycles. The van der Waals surface area contributed by atoms with Crippen LogP contribution in [-0.2, 0) is 29.7 Å². The van der Waals surface area contributed by atoms with Gasteiger partial charge in [-0.25, -0.2) is 4.39 Å². The van der Waals surface area contributed by atoms with Crippen molar-refractivity contribution in [2.24, 2.45) is 7.05 Å². The molecule has 1 aromatic heterocycles. The monoisotopic (exact) mass is 489 g/mol. The third kappa shape index (κ3) is 3.87. The van der Waals surface area contributed by atoms with Crippen LogP contribution in [0.1, 0.15) is 58.8 Å². The maximum absolute atomic E-state index is 15.2. The molecule has 0 bridgehead atoms. The number of amides is 3. The number of piperidine rings is 2. The first kappa shape index (κ1) is 22.8. The minimum atomic E-state index is -0.694. The number of hydrogen-bond acceptors (Lipinski definition) is 5. The van der Waals surface area contributed by atoms with Crippen LogP contribution in [0.5, 0.6) is 0 Å². The van der Waals surface area contributed by atoms with Gasteiger partial charge in [-0.15, -0.1) is 0 Å². The zero-order valence-corrected chi connectivity index (χ0v) is 20.2. The summed E-state index contributed by atoms with van der Waals surface area (Å²) in [6, 6.07) is 10.6. The van der Waals surface area contributed by atoms with Crippen molar-refractivity contribution in [1.29, 1.82) is 0 Å². The highest BCUT2D eigenvalue weighted by Gasteiger charge is 2.40. The lowest BCUT2D eigenvalue weighted by atomic mass is 9.87. The summed E-state index contributed by atoms with van der Waals surface area (Å²) in [6.45, 7) is 2.76. The number of likely N-dealkylation sites (tertiary alicyclic amines) is 1. The smallest absolute Gasteiger partial charge is 0.255 e. The highest BCUT2D eigenvalue weighted by molar-refractivity contribution is 6.05. The van der Waals surface area contributed by atoms with Crippen molar-refractivity contribution >= 4 is 28.6 Å². The van der Waals surface area contributed by atoms with Gasteiger partial charge in [0.05, 0.1) is 11.2 Å². The third-order valence-corrected chi connectivity index (χ3v) is 7.90. The van der Waals surface area contributed by atoms with E-state index in [2.05, 4.69) is 21.4 Å². The summed E-state index contributed by atoms with van der Waals surface area (Å²) in [7, 11) is 1.97. The fraction of sp³-hybridized carbons (Fsp3) is 0.407. The normalized spacial score (nSPS) is 21.3. The molecule has 0 spiro atoms. The van der Waals surface area contributed by atoms with Gasteiger partial charge in [0.2, 0.25) is 11.8 Å². The average molecular weight is 490 g/mol. The summed E-state index contributed by atoms with van der Waals surface area (Å²) >= 11 is 0. The molecule has 0 radical (unpaired) electrons. The van der Waals surface area contributed by atoms with Crippen LogP contribution in [0.3, 0.4) is 0 Å². The van der Waals surface area contributed by atoms with Crippen molar-refractivity contribution in [3.05, 3.63) is 64.6 Å². The summed E-state index contributed by atoms with van der Waals surface area (Å²) in [4.78, 5) is 40.6. The van der Waals surface area contributed by atoms with Gasteiger partial charge in [0.1, 0.15) is 11.9 Å². The van der Waals surface area contributed by atoms with E-state index in [-0.39, 0.29) is 36.5 Å². The molecule has 3 aliphatic heterocycles. The Morgan fingerprint density at radius 3 is 2.64 bits per heavy atom. The molecule has 186 valence electrons. The number of rotatable bonds is 4. The van der Waals surface area contributed by atoms with Crippen molar-refractivity contribution in [1.82, 2.24) is 24.9 Å². The Bertz CT molecular complexity index is 1390. The van der Waals surface area contributed by atoms with Crippen molar-refractivity contribution in [2.45, 2.75) is 50.7 Å². The molecular weight excluding hydrogens is 461 g/mol. The van der Waals surface area contributed by atoms with Crippen LogP contribution in [0.15, 0.2) is 36.4 Å². The van der Waals surface area contributed by atoms with Crippen LogP contribution in [0, 0.1) is 5.82 Å². The van der Waals surface area contributed by atoms with E-state index in [0.29, 0.717) is 17.5 Å². The van der Waals surface area contributed by atoms with E-state index in [1.165, 1.54) is 16.7 Å². The number of aryl methyl sites for hydroxylation is 1. The summed E-state index contributed by atoms with van der Waals surface area (Å²) in [5, 5.41) is 8.08. The standard InChI is InChI=1S/C27H28FN5O3/c1-31-24(18-4-2-3-5-22(18)30-31)15-32-10-8-16(9-11-32)19-12-17-14-33(27(36)20(17)13-21(19)28)23-6-7-25(34)29-26(23)35/h2-5,12-13,16,23H,6-11,14-15H2,1H3,(H,29,34,35). The summed E-state index contributed by atoms with van der Waals surface area (Å²) in [5.41, 5.74) is 3.90. The Kier molecular flexibility index (Phi) is 5.59. The number of halogens is 1. The zero-order chi connectivity index (χ0) is 25.0. The maximum Gasteiger partial charge on any atom is 0.255 e. The lowest BCUT2D eigenvalue weighted by Gasteiger charge is -2.32. The highest BCUT2D eigenvalue weighted by Crippen LogP contribution is 2.36. The Hall–Kier alpha value is -3.59. The van der Waals surface area contributed by atoms with E-state index in [0.717, 1.165) is 48.9 Å². The van der Waals surface area contributed by atoms with Crippen molar-refractivity contribution in [3.8, 4) is 0 Å². The Morgan fingerprint density at radius 2 is 1.86 bits per heavy atom. The second-order valence-electron chi connectivity index (χ2n) is 10.1. The topological polar surface area (TPSA) is 87.5 Å². The minimum Gasteiger partial charge on any atom is -0.322 e. The number of imide groups is 1. The zero-order valence-electron chi connectivity index (χ0n) is 20.2. The minimum absolute atomic E-state index is 0.0783. The summed E-state index contributed by atoms with van der Waals surface area (Å²) in [5.74, 6) is -1.40. The number of carbonyl (C=O) groups excluding carboxylic acids is 3. The SMILES string of the molecule is Cn1nc2ccccc2c1CN1CCC(c2cc3c(cc2F)C(=O)N(C2CCC(=O)NC2=O)C3)CC1. The van der Waals surface area contributed by atoms with Gasteiger partial charge in [-0.3, -0.25) is 29.3 Å². The molecule has 1 unspecified atom stereocenters. The van der Waals surface area contributed by atoms with Gasteiger partial charge < -0.3 is 4.90 Å². The molecular formula is C27H28FN5O3. The molecule has 8 nitrogen and oxygen atoms in total. The molecule has 9 heteroatoms. The third-order valence-electron chi connectivity index (χ3n) is 7.90. The second kappa shape index (κ2) is 8.81. The van der Waals surface area contributed by atoms with Gasteiger partial charge in [0, 0.05) is 37.5 Å². The quantitative estimate of drug-likeness (QED) is 0.570. The van der Waals surface area contributed by atoms with Gasteiger partial charge >= 0.3 is 0 Å². The first-order valence-corrected chi connectivity index (χ1v) is 12.5. The van der Waals surface area contributed by atoms with E-state index < -0.39 is 11.9 Å². The lowest BCUT2D eigenvalue weighted by Crippen LogP contribution is -2.52. The molecule has 0 saturated carbocycles. The number of hydrogen-bond donors (Lipinski definition) is 1. The fourth-order valence-electron chi connectivity index (χ4n) is 5.92. The van der Waals surface area contributed by atoms with Crippen LogP contribution in [0.2, 0.25) is 0 Å². The van der Waals surface area contributed by atoms with Gasteiger partial charge in [-0.05, 0) is 61.5 Å². The van der Waals surface area contributed by atoms with Crippen molar-refractivity contribution in [2.75, 3.05) is 13.1 Å². The molecule has 2 fully saturated rings. The molecule has 3 aliphatic rings.